The molecule has 4 rings (SSSR count). The molecule has 2 unspecified atom stereocenters. The molecule has 0 bridgehead atoms. The van der Waals surface area contributed by atoms with Crippen LogP contribution in [0.25, 0.3) is 21.9 Å². The lowest BCUT2D eigenvalue weighted by molar-refractivity contribution is -0.122. The quantitative estimate of drug-likeness (QED) is 0.530. The molecule has 4 aromatic rings. The highest BCUT2D eigenvalue weighted by molar-refractivity contribution is 5.79. The Bertz CT molecular complexity index is 1190. The van der Waals surface area contributed by atoms with Crippen LogP contribution >= 0.6 is 0 Å². The van der Waals surface area contributed by atoms with E-state index in [0.29, 0.717) is 10.9 Å². The van der Waals surface area contributed by atoms with Crippen LogP contribution in [0.3, 0.4) is 0 Å². The van der Waals surface area contributed by atoms with Gasteiger partial charge in [-0.2, -0.15) is 0 Å². The summed E-state index contributed by atoms with van der Waals surface area (Å²) in [7, 11) is 0. The number of hydrogen-bond donors (Lipinski definition) is 2. The lowest BCUT2D eigenvalue weighted by Crippen LogP contribution is -2.37. The topological polar surface area (TPSA) is 92.7 Å². The van der Waals surface area contributed by atoms with Gasteiger partial charge >= 0.3 is 0 Å². The van der Waals surface area contributed by atoms with E-state index >= 15 is 0 Å². The maximum Gasteiger partial charge on any atom is 0.261 e. The van der Waals surface area contributed by atoms with Crippen LogP contribution < -0.4 is 10.9 Å². The smallest absolute Gasteiger partial charge is 0.261 e. The second-order valence-electron chi connectivity index (χ2n) is 7.26. The minimum absolute atomic E-state index is 0.0934. The van der Waals surface area contributed by atoms with Crippen LogP contribution in [-0.2, 0) is 11.3 Å². The number of amides is 1. The summed E-state index contributed by atoms with van der Waals surface area (Å²) in [6.45, 7) is 4.05. The molecule has 2 atom stereocenters. The Kier molecular flexibility index (Phi) is 5.12. The molecule has 7 heteroatoms. The van der Waals surface area contributed by atoms with Crippen LogP contribution in [0.4, 0.5) is 0 Å². The fourth-order valence-electron chi connectivity index (χ4n) is 3.43. The highest BCUT2D eigenvalue weighted by Crippen LogP contribution is 2.24. The molecule has 0 aliphatic heterocycles. The van der Waals surface area contributed by atoms with E-state index in [2.05, 4.69) is 34.1 Å². The lowest BCUT2D eigenvalue weighted by Gasteiger charge is -2.22. The fourth-order valence-corrected chi connectivity index (χ4v) is 3.43. The minimum atomic E-state index is -0.274. The summed E-state index contributed by atoms with van der Waals surface area (Å²) in [5, 5.41) is 3.55. The highest BCUT2D eigenvalue weighted by atomic mass is 16.2. The van der Waals surface area contributed by atoms with Gasteiger partial charge in [-0.25, -0.2) is 9.97 Å². The first-order valence-electron chi connectivity index (χ1n) is 9.75. The second-order valence-corrected chi connectivity index (χ2v) is 7.26. The maximum atomic E-state index is 12.8. The van der Waals surface area contributed by atoms with Crippen molar-refractivity contribution in [3.63, 3.8) is 0 Å². The predicted molar refractivity (Wildman–Crippen MR) is 112 cm³/mol. The molecular weight excluding hydrogens is 366 g/mol. The number of rotatable bonds is 6. The predicted octanol–water partition coefficient (Wildman–Crippen LogP) is 3.18. The Hall–Kier alpha value is -3.48. The Labute approximate surface area is 167 Å². The summed E-state index contributed by atoms with van der Waals surface area (Å²) in [6, 6.07) is 14.6. The second kappa shape index (κ2) is 7.87. The number of nitrogens with zero attached hydrogens (tertiary/aromatic N) is 3. The number of H-pyrrole nitrogens is 1. The van der Waals surface area contributed by atoms with Crippen LogP contribution in [0.2, 0.25) is 0 Å². The van der Waals surface area contributed by atoms with Gasteiger partial charge in [-0.05, 0) is 30.2 Å². The molecule has 0 saturated heterocycles. The van der Waals surface area contributed by atoms with E-state index < -0.39 is 0 Å². The third-order valence-electron chi connectivity index (χ3n) is 5.28. The van der Waals surface area contributed by atoms with E-state index in [-0.39, 0.29) is 30.0 Å². The minimum Gasteiger partial charge on any atom is -0.344 e. The van der Waals surface area contributed by atoms with Crippen LogP contribution in [0.15, 0.2) is 59.7 Å². The third-order valence-corrected chi connectivity index (χ3v) is 5.28. The number of nitrogens with one attached hydrogen (secondary N) is 2. The number of fused-ring (bicyclic) bond motifs is 2. The van der Waals surface area contributed by atoms with Crippen molar-refractivity contribution >= 4 is 27.8 Å². The molecular formula is C22H23N5O2. The van der Waals surface area contributed by atoms with Crippen LogP contribution in [0.5, 0.6) is 0 Å². The van der Waals surface area contributed by atoms with Crippen molar-refractivity contribution in [1.29, 1.82) is 0 Å². The molecule has 2 heterocycles. The zero-order valence-electron chi connectivity index (χ0n) is 16.4. The van der Waals surface area contributed by atoms with Gasteiger partial charge < -0.3 is 10.3 Å². The summed E-state index contributed by atoms with van der Waals surface area (Å²) < 4.78 is 1.34. The molecule has 2 aromatic heterocycles. The molecule has 0 spiro atoms. The molecule has 7 nitrogen and oxygen atoms in total. The van der Waals surface area contributed by atoms with Crippen molar-refractivity contribution in [3.05, 3.63) is 71.0 Å². The average Bonchev–Trinajstić information content (AvgIpc) is 3.17. The fraction of sp³-hybridized carbons (Fsp3) is 0.273. The molecule has 2 aromatic carbocycles. The number of carbonyl (C=O) groups excluding carboxylic acids is 1. The Balaban J connectivity index is 1.59. The van der Waals surface area contributed by atoms with Crippen molar-refractivity contribution in [2.75, 3.05) is 0 Å². The zero-order chi connectivity index (χ0) is 20.4. The number of para-hydroxylation sites is 3. The standard InChI is InChI=1S/C22H23N5O2/c1-3-14(2)20(21-24-17-10-6-7-11-18(17)25-21)26-19(28)12-27-13-23-16-9-5-4-8-15(16)22(27)29/h4-11,13-14,20H,3,12H2,1-2H3,(H,24,25)(H,26,28). The number of imidazole rings is 1. The van der Waals surface area contributed by atoms with Crippen molar-refractivity contribution in [3.8, 4) is 0 Å². The van der Waals surface area contributed by atoms with Gasteiger partial charge in [0.2, 0.25) is 5.91 Å². The number of aromatic nitrogens is 4. The number of hydrogen-bond acceptors (Lipinski definition) is 4. The van der Waals surface area contributed by atoms with Gasteiger partial charge in [-0.3, -0.25) is 14.2 Å². The summed E-state index contributed by atoms with van der Waals surface area (Å²) in [6.07, 6.45) is 2.29. The van der Waals surface area contributed by atoms with E-state index in [0.717, 1.165) is 23.3 Å². The third kappa shape index (κ3) is 3.76. The van der Waals surface area contributed by atoms with Crippen molar-refractivity contribution in [1.82, 2.24) is 24.8 Å². The van der Waals surface area contributed by atoms with E-state index in [1.54, 1.807) is 18.2 Å². The molecule has 148 valence electrons. The summed E-state index contributed by atoms with van der Waals surface area (Å²) in [5.74, 6) is 0.638. The monoisotopic (exact) mass is 389 g/mol. The van der Waals surface area contributed by atoms with Crippen LogP contribution in [0, 0.1) is 5.92 Å². The first-order valence-corrected chi connectivity index (χ1v) is 9.75. The first-order chi connectivity index (χ1) is 14.1. The first kappa shape index (κ1) is 18.9. The van der Waals surface area contributed by atoms with E-state index in [9.17, 15) is 9.59 Å². The average molecular weight is 389 g/mol. The number of aromatic amines is 1. The van der Waals surface area contributed by atoms with Gasteiger partial charge in [0.25, 0.3) is 5.56 Å². The van der Waals surface area contributed by atoms with E-state index in [4.69, 9.17) is 0 Å². The Morgan fingerprint density at radius 2 is 1.86 bits per heavy atom. The van der Waals surface area contributed by atoms with E-state index in [1.807, 2.05) is 30.3 Å². The zero-order valence-corrected chi connectivity index (χ0v) is 16.4. The molecule has 29 heavy (non-hydrogen) atoms. The van der Waals surface area contributed by atoms with Crippen LogP contribution in [-0.4, -0.2) is 25.4 Å². The van der Waals surface area contributed by atoms with Gasteiger partial charge in [-0.1, -0.05) is 44.5 Å². The lowest BCUT2D eigenvalue weighted by atomic mass is 9.98. The van der Waals surface area contributed by atoms with E-state index in [1.165, 1.54) is 10.9 Å². The van der Waals surface area contributed by atoms with Gasteiger partial charge in [0.05, 0.1) is 34.3 Å². The number of carbonyl (C=O) groups is 1. The SMILES string of the molecule is CCC(C)C(NC(=O)Cn1cnc2ccccc2c1=O)c1nc2ccccc2[nH]1. The molecule has 2 N–H and O–H groups in total. The largest absolute Gasteiger partial charge is 0.344 e. The van der Waals surface area contributed by atoms with Crippen LogP contribution in [0.1, 0.15) is 32.1 Å². The molecule has 0 radical (unpaired) electrons. The molecule has 1 amide bonds. The maximum absolute atomic E-state index is 12.8. The van der Waals surface area contributed by atoms with Gasteiger partial charge in [-0.15, -0.1) is 0 Å². The molecule has 0 saturated carbocycles. The van der Waals surface area contributed by atoms with Crippen molar-refractivity contribution < 1.29 is 4.79 Å². The highest BCUT2D eigenvalue weighted by Gasteiger charge is 2.24. The van der Waals surface area contributed by atoms with Gasteiger partial charge in [0.15, 0.2) is 0 Å². The summed E-state index contributed by atoms with van der Waals surface area (Å²) in [4.78, 5) is 37.7. The van der Waals surface area contributed by atoms with Gasteiger partial charge in [0, 0.05) is 0 Å². The molecule has 0 aliphatic carbocycles. The van der Waals surface area contributed by atoms with Crippen molar-refractivity contribution in [2.45, 2.75) is 32.9 Å². The van der Waals surface area contributed by atoms with Crippen molar-refractivity contribution in [2.24, 2.45) is 5.92 Å². The van der Waals surface area contributed by atoms with Gasteiger partial charge in [0.1, 0.15) is 12.4 Å². The number of benzene rings is 2. The molecule has 0 aliphatic rings. The summed E-state index contributed by atoms with van der Waals surface area (Å²) in [5.41, 5.74) is 2.18. The Morgan fingerprint density at radius 1 is 1.14 bits per heavy atom. The summed E-state index contributed by atoms with van der Waals surface area (Å²) >= 11 is 0. The normalized spacial score (nSPS) is 13.4. The Morgan fingerprint density at radius 3 is 2.62 bits per heavy atom. The molecule has 0 fully saturated rings.